The van der Waals surface area contributed by atoms with Crippen LogP contribution < -0.4 is 10.6 Å². The third-order valence-electron chi connectivity index (χ3n) is 5.23. The van der Waals surface area contributed by atoms with Crippen LogP contribution in [0, 0.1) is 19.8 Å². The molecule has 2 aromatic rings. The fourth-order valence-electron chi connectivity index (χ4n) is 3.54. The second-order valence-corrected chi connectivity index (χ2v) is 7.37. The van der Waals surface area contributed by atoms with Crippen molar-refractivity contribution in [1.82, 2.24) is 10.3 Å². The first-order chi connectivity index (χ1) is 13.0. The summed E-state index contributed by atoms with van der Waals surface area (Å²) in [6, 6.07) is 8.90. The van der Waals surface area contributed by atoms with Crippen molar-refractivity contribution in [3.05, 3.63) is 58.9 Å². The van der Waals surface area contributed by atoms with Crippen molar-refractivity contribution in [2.45, 2.75) is 46.0 Å². The maximum absolute atomic E-state index is 12.6. The molecule has 5 heteroatoms. The number of carbonyl (C=O) groups excluding carboxylic acids is 2. The minimum absolute atomic E-state index is 0.126. The largest absolute Gasteiger partial charge is 0.352 e. The number of aryl methyl sites for hydroxylation is 2. The highest BCUT2D eigenvalue weighted by Crippen LogP contribution is 2.27. The highest BCUT2D eigenvalue weighted by molar-refractivity contribution is 6.07. The van der Waals surface area contributed by atoms with Crippen LogP contribution in [0.2, 0.25) is 0 Å². The number of anilines is 1. The average molecular weight is 365 g/mol. The lowest BCUT2D eigenvalue weighted by Gasteiger charge is -2.12. The average Bonchev–Trinajstić information content (AvgIpc) is 3.17. The molecule has 0 saturated heterocycles. The molecule has 1 aromatic heterocycles. The minimum atomic E-state index is -0.237. The molecule has 0 atom stereocenters. The van der Waals surface area contributed by atoms with E-state index >= 15 is 0 Å². The van der Waals surface area contributed by atoms with E-state index in [-0.39, 0.29) is 11.8 Å². The summed E-state index contributed by atoms with van der Waals surface area (Å²) in [5.74, 6) is 0.380. The van der Waals surface area contributed by atoms with Gasteiger partial charge in [0.2, 0.25) is 0 Å². The standard InChI is InChI=1S/C22H27N3O2/c1-15-7-9-18(21(26)23-12-11-17-5-3-4-6-17)13-20(15)22(27)25-19-10-8-16(2)24-14-19/h7-10,13-14,17H,3-6,11-12H2,1-2H3,(H,23,26)(H,25,27). The summed E-state index contributed by atoms with van der Waals surface area (Å²) in [4.78, 5) is 29.2. The fraction of sp³-hybridized carbons (Fsp3) is 0.409. The molecular formula is C22H27N3O2. The summed E-state index contributed by atoms with van der Waals surface area (Å²) in [5, 5.41) is 5.83. The third kappa shape index (κ3) is 5.16. The highest BCUT2D eigenvalue weighted by Gasteiger charge is 2.16. The van der Waals surface area contributed by atoms with E-state index in [1.54, 1.807) is 18.3 Å². The van der Waals surface area contributed by atoms with Crippen molar-refractivity contribution in [1.29, 1.82) is 0 Å². The van der Waals surface area contributed by atoms with E-state index in [0.29, 0.717) is 23.4 Å². The van der Waals surface area contributed by atoms with Gasteiger partial charge in [-0.2, -0.15) is 0 Å². The van der Waals surface area contributed by atoms with Gasteiger partial charge in [-0.25, -0.2) is 0 Å². The molecule has 0 unspecified atom stereocenters. The van der Waals surface area contributed by atoms with Crippen molar-refractivity contribution < 1.29 is 9.59 Å². The zero-order valence-electron chi connectivity index (χ0n) is 16.0. The van der Waals surface area contributed by atoms with E-state index in [1.165, 1.54) is 25.7 Å². The van der Waals surface area contributed by atoms with Gasteiger partial charge in [-0.15, -0.1) is 0 Å². The van der Waals surface area contributed by atoms with Crippen LogP contribution >= 0.6 is 0 Å². The second kappa shape index (κ2) is 8.80. The molecule has 142 valence electrons. The van der Waals surface area contributed by atoms with Gasteiger partial charge in [0.25, 0.3) is 11.8 Å². The van der Waals surface area contributed by atoms with Crippen LogP contribution in [-0.2, 0) is 0 Å². The van der Waals surface area contributed by atoms with Gasteiger partial charge in [0.15, 0.2) is 0 Å². The van der Waals surface area contributed by atoms with Gasteiger partial charge >= 0.3 is 0 Å². The first kappa shape index (κ1) is 19.1. The first-order valence-corrected chi connectivity index (χ1v) is 9.66. The lowest BCUT2D eigenvalue weighted by atomic mass is 10.0. The molecule has 5 nitrogen and oxygen atoms in total. The van der Waals surface area contributed by atoms with Crippen molar-refractivity contribution in [2.24, 2.45) is 5.92 Å². The molecule has 3 rings (SSSR count). The SMILES string of the molecule is Cc1ccc(NC(=O)c2cc(C(=O)NCCC3CCCC3)ccc2C)cn1. The first-order valence-electron chi connectivity index (χ1n) is 9.66. The maximum Gasteiger partial charge on any atom is 0.255 e. The molecule has 1 heterocycles. The van der Waals surface area contributed by atoms with Crippen LogP contribution in [0.4, 0.5) is 5.69 Å². The van der Waals surface area contributed by atoms with Crippen LogP contribution in [0.25, 0.3) is 0 Å². The predicted octanol–water partition coefficient (Wildman–Crippen LogP) is 4.26. The number of aromatic nitrogens is 1. The molecule has 0 bridgehead atoms. The Kier molecular flexibility index (Phi) is 6.22. The Morgan fingerprint density at radius 2 is 1.85 bits per heavy atom. The Labute approximate surface area is 160 Å². The molecule has 0 aliphatic heterocycles. The number of amides is 2. The van der Waals surface area contributed by atoms with E-state index in [2.05, 4.69) is 15.6 Å². The quantitative estimate of drug-likeness (QED) is 0.803. The van der Waals surface area contributed by atoms with Gasteiger partial charge in [-0.3, -0.25) is 14.6 Å². The van der Waals surface area contributed by atoms with Crippen molar-refractivity contribution in [3.63, 3.8) is 0 Å². The van der Waals surface area contributed by atoms with Crippen LogP contribution in [0.15, 0.2) is 36.5 Å². The molecule has 27 heavy (non-hydrogen) atoms. The number of carbonyl (C=O) groups is 2. The highest BCUT2D eigenvalue weighted by atomic mass is 16.2. The molecule has 1 fully saturated rings. The number of pyridine rings is 1. The summed E-state index contributed by atoms with van der Waals surface area (Å²) < 4.78 is 0. The molecular weight excluding hydrogens is 338 g/mol. The second-order valence-electron chi connectivity index (χ2n) is 7.37. The van der Waals surface area contributed by atoms with E-state index in [4.69, 9.17) is 0 Å². The van der Waals surface area contributed by atoms with Crippen LogP contribution in [0.5, 0.6) is 0 Å². The Bertz CT molecular complexity index is 809. The monoisotopic (exact) mass is 365 g/mol. The van der Waals surface area contributed by atoms with Crippen molar-refractivity contribution in [3.8, 4) is 0 Å². The number of nitrogens with one attached hydrogen (secondary N) is 2. The van der Waals surface area contributed by atoms with E-state index < -0.39 is 0 Å². The van der Waals surface area contributed by atoms with E-state index in [0.717, 1.165) is 23.6 Å². The van der Waals surface area contributed by atoms with Crippen LogP contribution in [0.1, 0.15) is 64.1 Å². The van der Waals surface area contributed by atoms with Crippen LogP contribution in [0.3, 0.4) is 0 Å². The van der Waals surface area contributed by atoms with Gasteiger partial charge in [0.1, 0.15) is 0 Å². The molecule has 1 saturated carbocycles. The molecule has 2 amide bonds. The van der Waals surface area contributed by atoms with E-state index in [9.17, 15) is 9.59 Å². The maximum atomic E-state index is 12.6. The topological polar surface area (TPSA) is 71.1 Å². The lowest BCUT2D eigenvalue weighted by Crippen LogP contribution is -2.26. The zero-order valence-corrected chi connectivity index (χ0v) is 16.0. The molecule has 1 aliphatic carbocycles. The minimum Gasteiger partial charge on any atom is -0.352 e. The fourth-order valence-corrected chi connectivity index (χ4v) is 3.54. The molecule has 0 spiro atoms. The lowest BCUT2D eigenvalue weighted by molar-refractivity contribution is 0.0951. The van der Waals surface area contributed by atoms with Gasteiger partial charge < -0.3 is 10.6 Å². The normalized spacial score (nSPS) is 14.1. The summed E-state index contributed by atoms with van der Waals surface area (Å²) in [6.07, 6.45) is 7.84. The van der Waals surface area contributed by atoms with E-state index in [1.807, 2.05) is 32.0 Å². The summed E-state index contributed by atoms with van der Waals surface area (Å²) in [6.45, 7) is 4.45. The Hall–Kier alpha value is -2.69. The van der Waals surface area contributed by atoms with Gasteiger partial charge in [0, 0.05) is 23.4 Å². The Morgan fingerprint density at radius 3 is 2.56 bits per heavy atom. The Morgan fingerprint density at radius 1 is 1.07 bits per heavy atom. The Balaban J connectivity index is 1.62. The summed E-state index contributed by atoms with van der Waals surface area (Å²) in [5.41, 5.74) is 3.37. The number of nitrogens with zero attached hydrogens (tertiary/aromatic N) is 1. The number of hydrogen-bond donors (Lipinski definition) is 2. The van der Waals surface area contributed by atoms with Crippen LogP contribution in [-0.4, -0.2) is 23.3 Å². The van der Waals surface area contributed by atoms with Crippen molar-refractivity contribution in [2.75, 3.05) is 11.9 Å². The zero-order chi connectivity index (χ0) is 19.2. The third-order valence-corrected chi connectivity index (χ3v) is 5.23. The molecule has 1 aliphatic rings. The smallest absolute Gasteiger partial charge is 0.255 e. The summed E-state index contributed by atoms with van der Waals surface area (Å²) in [7, 11) is 0. The van der Waals surface area contributed by atoms with Gasteiger partial charge in [-0.1, -0.05) is 31.7 Å². The molecule has 1 aromatic carbocycles. The van der Waals surface area contributed by atoms with Gasteiger partial charge in [0.05, 0.1) is 11.9 Å². The predicted molar refractivity (Wildman–Crippen MR) is 107 cm³/mol. The summed E-state index contributed by atoms with van der Waals surface area (Å²) >= 11 is 0. The van der Waals surface area contributed by atoms with Gasteiger partial charge in [-0.05, 0) is 56.0 Å². The number of rotatable bonds is 6. The number of benzene rings is 1. The van der Waals surface area contributed by atoms with Crippen molar-refractivity contribution >= 4 is 17.5 Å². The molecule has 0 radical (unpaired) electrons. The number of hydrogen-bond acceptors (Lipinski definition) is 3. The molecule has 2 N–H and O–H groups in total.